The maximum absolute atomic E-state index is 13.9. The molecule has 17 heavy (non-hydrogen) atoms. The van der Waals surface area contributed by atoms with Crippen LogP contribution < -0.4 is 5.73 Å². The average molecular weight is 251 g/mol. The molecule has 2 rings (SSSR count). The third kappa shape index (κ3) is 1.90. The van der Waals surface area contributed by atoms with Gasteiger partial charge in [-0.15, -0.1) is 0 Å². The second kappa shape index (κ2) is 3.41. The Balaban J connectivity index is 2.53. The molecule has 94 valence electrons. The molecule has 0 unspecified atom stereocenters. The molecule has 1 fully saturated rings. The first-order valence-corrected chi connectivity index (χ1v) is 5.02. The zero-order valence-corrected chi connectivity index (χ0v) is 8.69. The Labute approximate surface area is 94.4 Å². The summed E-state index contributed by atoms with van der Waals surface area (Å²) in [7, 11) is 0. The lowest BCUT2D eigenvalue weighted by atomic mass is 9.94. The summed E-state index contributed by atoms with van der Waals surface area (Å²) in [6, 6.07) is 3.67. The van der Waals surface area contributed by atoms with Crippen molar-refractivity contribution in [1.82, 2.24) is 0 Å². The summed E-state index contributed by atoms with van der Waals surface area (Å²) in [4.78, 5) is 0. The van der Waals surface area contributed by atoms with Crippen molar-refractivity contribution in [1.29, 1.82) is 0 Å². The molecular weight excluding hydrogens is 241 g/mol. The van der Waals surface area contributed by atoms with Gasteiger partial charge in [0, 0.05) is 5.56 Å². The normalized spacial score (nSPS) is 19.2. The third-order valence-corrected chi connectivity index (χ3v) is 2.98. The quantitative estimate of drug-likeness (QED) is 0.802. The summed E-state index contributed by atoms with van der Waals surface area (Å²) in [5.41, 5.74) is 1.17. The minimum absolute atomic E-state index is 0.0339. The van der Waals surface area contributed by atoms with Gasteiger partial charge in [-0.05, 0) is 18.9 Å². The van der Waals surface area contributed by atoms with Gasteiger partial charge in [0.1, 0.15) is 0 Å². The molecule has 0 atom stereocenters. The van der Waals surface area contributed by atoms with Gasteiger partial charge in [0.2, 0.25) is 0 Å². The van der Waals surface area contributed by atoms with Gasteiger partial charge in [0.15, 0.2) is 0 Å². The highest BCUT2D eigenvalue weighted by molar-refractivity contribution is 5.37. The predicted molar refractivity (Wildman–Crippen MR) is 51.5 cm³/mol. The Bertz CT molecular complexity index is 434. The minimum atomic E-state index is -4.80. The van der Waals surface area contributed by atoms with E-state index in [1.54, 1.807) is 0 Å². The number of hydrogen-bond donors (Lipinski definition) is 1. The van der Waals surface area contributed by atoms with E-state index in [1.165, 1.54) is 0 Å². The van der Waals surface area contributed by atoms with Gasteiger partial charge in [0.05, 0.1) is 11.1 Å². The highest BCUT2D eigenvalue weighted by Gasteiger charge is 2.61. The molecule has 0 spiro atoms. The van der Waals surface area contributed by atoms with E-state index in [0.717, 1.165) is 18.2 Å². The number of alkyl halides is 5. The molecule has 1 saturated carbocycles. The number of rotatable bonds is 2. The zero-order valence-electron chi connectivity index (χ0n) is 8.69. The van der Waals surface area contributed by atoms with Crippen LogP contribution in [0.25, 0.3) is 0 Å². The number of hydrogen-bond acceptors (Lipinski definition) is 1. The molecule has 1 aromatic rings. The zero-order chi connectivity index (χ0) is 12.9. The lowest BCUT2D eigenvalue weighted by molar-refractivity contribution is -0.143. The summed E-state index contributed by atoms with van der Waals surface area (Å²) >= 11 is 0. The van der Waals surface area contributed by atoms with Crippen LogP contribution in [0.5, 0.6) is 0 Å². The summed E-state index contributed by atoms with van der Waals surface area (Å²) in [5, 5.41) is 0. The van der Waals surface area contributed by atoms with Crippen molar-refractivity contribution in [2.24, 2.45) is 5.73 Å². The lowest BCUT2D eigenvalue weighted by Gasteiger charge is -2.26. The summed E-state index contributed by atoms with van der Waals surface area (Å²) in [5.74, 6) is -3.65. The van der Waals surface area contributed by atoms with E-state index in [2.05, 4.69) is 0 Å². The fraction of sp³-hybridized carbons (Fsp3) is 0.455. The van der Waals surface area contributed by atoms with Crippen LogP contribution in [-0.2, 0) is 12.1 Å². The van der Waals surface area contributed by atoms with Crippen LogP contribution in [0, 0.1) is 0 Å². The van der Waals surface area contributed by atoms with Gasteiger partial charge >= 0.3 is 6.18 Å². The van der Waals surface area contributed by atoms with Gasteiger partial charge in [-0.1, -0.05) is 18.2 Å². The summed E-state index contributed by atoms with van der Waals surface area (Å²) < 4.78 is 65.6. The molecular formula is C11H10F5N. The van der Waals surface area contributed by atoms with Crippen LogP contribution in [0.1, 0.15) is 24.0 Å². The Morgan fingerprint density at radius 1 is 0.941 bits per heavy atom. The topological polar surface area (TPSA) is 26.0 Å². The number of benzene rings is 1. The molecule has 1 aliphatic carbocycles. The molecule has 0 saturated heterocycles. The Kier molecular flexibility index (Phi) is 2.47. The van der Waals surface area contributed by atoms with Gasteiger partial charge in [0.25, 0.3) is 5.92 Å². The van der Waals surface area contributed by atoms with Crippen molar-refractivity contribution in [2.45, 2.75) is 30.5 Å². The molecule has 0 amide bonds. The molecule has 0 aromatic heterocycles. The smallest absolute Gasteiger partial charge is 0.320 e. The molecule has 1 aliphatic rings. The van der Waals surface area contributed by atoms with Crippen LogP contribution in [0.4, 0.5) is 22.0 Å². The first-order chi connectivity index (χ1) is 7.68. The van der Waals surface area contributed by atoms with E-state index in [4.69, 9.17) is 5.73 Å². The Morgan fingerprint density at radius 3 is 1.82 bits per heavy atom. The van der Waals surface area contributed by atoms with Crippen molar-refractivity contribution >= 4 is 0 Å². The maximum atomic E-state index is 13.9. The van der Waals surface area contributed by atoms with E-state index in [0.29, 0.717) is 6.07 Å². The lowest BCUT2D eigenvalue weighted by Crippen LogP contribution is -2.42. The van der Waals surface area contributed by atoms with Crippen LogP contribution in [-0.4, -0.2) is 5.54 Å². The fourth-order valence-electron chi connectivity index (χ4n) is 1.72. The second-order valence-corrected chi connectivity index (χ2v) is 4.27. The SMILES string of the molecule is NC1(C(F)(F)c2ccccc2C(F)(F)F)CC1. The van der Waals surface area contributed by atoms with Crippen LogP contribution >= 0.6 is 0 Å². The maximum Gasteiger partial charge on any atom is 0.416 e. The molecule has 0 aliphatic heterocycles. The number of halogens is 5. The molecule has 6 heteroatoms. The molecule has 1 aromatic carbocycles. The van der Waals surface area contributed by atoms with Gasteiger partial charge in [-0.2, -0.15) is 22.0 Å². The van der Waals surface area contributed by atoms with Gasteiger partial charge in [-0.3, -0.25) is 0 Å². The minimum Gasteiger partial charge on any atom is -0.320 e. The molecule has 0 radical (unpaired) electrons. The first kappa shape index (κ1) is 12.3. The van der Waals surface area contributed by atoms with Crippen molar-refractivity contribution in [2.75, 3.05) is 0 Å². The van der Waals surface area contributed by atoms with Crippen LogP contribution in [0.2, 0.25) is 0 Å². The standard InChI is InChI=1S/C11H10F5N/c12-10(13,9(17)5-6-9)7-3-1-2-4-8(7)11(14,15)16/h1-4H,5-6,17H2. The molecule has 0 heterocycles. The first-order valence-electron chi connectivity index (χ1n) is 5.02. The summed E-state index contributed by atoms with van der Waals surface area (Å²) in [6.45, 7) is 0. The predicted octanol–water partition coefficient (Wildman–Crippen LogP) is 3.29. The van der Waals surface area contributed by atoms with Crippen LogP contribution in [0.3, 0.4) is 0 Å². The van der Waals surface area contributed by atoms with Crippen molar-refractivity contribution < 1.29 is 22.0 Å². The van der Waals surface area contributed by atoms with Crippen molar-refractivity contribution in [3.05, 3.63) is 35.4 Å². The van der Waals surface area contributed by atoms with E-state index in [9.17, 15) is 22.0 Å². The van der Waals surface area contributed by atoms with Crippen molar-refractivity contribution in [3.8, 4) is 0 Å². The monoisotopic (exact) mass is 251 g/mol. The molecule has 2 N–H and O–H groups in total. The number of nitrogens with two attached hydrogens (primary N) is 1. The van der Waals surface area contributed by atoms with Gasteiger partial charge in [-0.25, -0.2) is 0 Å². The Morgan fingerprint density at radius 2 is 1.41 bits per heavy atom. The van der Waals surface area contributed by atoms with E-state index < -0.39 is 28.8 Å². The largest absolute Gasteiger partial charge is 0.416 e. The Hall–Kier alpha value is -1.17. The summed E-state index contributed by atoms with van der Waals surface area (Å²) in [6.07, 6.45) is -4.73. The third-order valence-electron chi connectivity index (χ3n) is 2.98. The highest BCUT2D eigenvalue weighted by Crippen LogP contribution is 2.53. The van der Waals surface area contributed by atoms with E-state index >= 15 is 0 Å². The van der Waals surface area contributed by atoms with Crippen LogP contribution in [0.15, 0.2) is 24.3 Å². The second-order valence-electron chi connectivity index (χ2n) is 4.27. The van der Waals surface area contributed by atoms with E-state index in [1.807, 2.05) is 0 Å². The van der Waals surface area contributed by atoms with Crippen molar-refractivity contribution in [3.63, 3.8) is 0 Å². The highest BCUT2D eigenvalue weighted by atomic mass is 19.4. The average Bonchev–Trinajstić information content (AvgIpc) is 2.97. The van der Waals surface area contributed by atoms with E-state index in [-0.39, 0.29) is 12.8 Å². The molecule has 1 nitrogen and oxygen atoms in total. The molecule has 0 bridgehead atoms. The van der Waals surface area contributed by atoms with Gasteiger partial charge < -0.3 is 5.73 Å². The fourth-order valence-corrected chi connectivity index (χ4v) is 1.72.